The molecular weight excluding hydrogens is 434 g/mol. The summed E-state index contributed by atoms with van der Waals surface area (Å²) in [7, 11) is 0. The van der Waals surface area contributed by atoms with Gasteiger partial charge >= 0.3 is 0 Å². The average Bonchev–Trinajstić information content (AvgIpc) is 3.40. The van der Waals surface area contributed by atoms with Crippen molar-refractivity contribution in [2.24, 2.45) is 0 Å². The molecule has 0 radical (unpaired) electrons. The molecule has 8 heteroatoms. The fourth-order valence-electron chi connectivity index (χ4n) is 4.34. The molecule has 1 unspecified atom stereocenters. The Hall–Kier alpha value is -2.84. The third-order valence-corrected chi connectivity index (χ3v) is 7.01. The summed E-state index contributed by atoms with van der Waals surface area (Å²) in [5, 5.41) is 5.07. The maximum atomic E-state index is 12.9. The highest BCUT2D eigenvalue weighted by atomic mass is 32.2. The number of para-hydroxylation sites is 2. The summed E-state index contributed by atoms with van der Waals surface area (Å²) in [5.41, 5.74) is 2.10. The first-order valence-corrected chi connectivity index (χ1v) is 12.6. The molecule has 2 aromatic carbocycles. The monoisotopic (exact) mass is 463 g/mol. The van der Waals surface area contributed by atoms with Crippen LogP contribution in [0.2, 0.25) is 0 Å². The van der Waals surface area contributed by atoms with Gasteiger partial charge in [0.05, 0.1) is 17.4 Å². The number of fused-ring (bicyclic) bond motifs is 1. The van der Waals surface area contributed by atoms with E-state index in [1.807, 2.05) is 35.2 Å². The fraction of sp³-hybridized carbons (Fsp3) is 0.400. The molecule has 1 N–H and O–H groups in total. The number of hydrogen-bond acceptors (Lipinski definition) is 7. The van der Waals surface area contributed by atoms with E-state index in [1.165, 1.54) is 17.4 Å². The number of rotatable bonds is 7. The Morgan fingerprint density at radius 1 is 1.03 bits per heavy atom. The van der Waals surface area contributed by atoms with Crippen LogP contribution in [0.1, 0.15) is 12.8 Å². The second kappa shape index (κ2) is 10.4. The number of nitrogens with one attached hydrogen (secondary N) is 1. The van der Waals surface area contributed by atoms with E-state index in [0.29, 0.717) is 10.9 Å². The van der Waals surface area contributed by atoms with E-state index in [1.54, 1.807) is 0 Å². The number of hydrogen-bond donors (Lipinski definition) is 1. The van der Waals surface area contributed by atoms with Gasteiger partial charge in [0.1, 0.15) is 5.82 Å². The van der Waals surface area contributed by atoms with Crippen molar-refractivity contribution in [3.63, 3.8) is 0 Å². The molecule has 2 aliphatic rings. The van der Waals surface area contributed by atoms with Gasteiger partial charge in [-0.1, -0.05) is 42.1 Å². The van der Waals surface area contributed by atoms with Crippen LogP contribution in [-0.2, 0) is 9.53 Å². The van der Waals surface area contributed by atoms with Gasteiger partial charge in [-0.15, -0.1) is 0 Å². The van der Waals surface area contributed by atoms with Crippen molar-refractivity contribution < 1.29 is 9.53 Å². The number of benzene rings is 2. The van der Waals surface area contributed by atoms with E-state index < -0.39 is 0 Å². The molecule has 0 bridgehead atoms. The molecule has 33 heavy (non-hydrogen) atoms. The molecule has 3 heterocycles. The van der Waals surface area contributed by atoms with Crippen LogP contribution in [-0.4, -0.2) is 72.0 Å². The predicted octanol–water partition coefficient (Wildman–Crippen LogP) is 3.66. The van der Waals surface area contributed by atoms with Crippen molar-refractivity contribution in [3.05, 3.63) is 54.6 Å². The fourth-order valence-corrected chi connectivity index (χ4v) is 5.09. The van der Waals surface area contributed by atoms with Gasteiger partial charge in [0.15, 0.2) is 5.16 Å². The molecule has 7 nitrogen and oxygen atoms in total. The van der Waals surface area contributed by atoms with Gasteiger partial charge in [-0.3, -0.25) is 4.79 Å². The maximum Gasteiger partial charge on any atom is 0.233 e. The molecule has 2 fully saturated rings. The summed E-state index contributed by atoms with van der Waals surface area (Å²) >= 11 is 1.41. The van der Waals surface area contributed by atoms with Crippen LogP contribution in [0.15, 0.2) is 59.8 Å². The minimum atomic E-state index is 0.137. The zero-order valence-electron chi connectivity index (χ0n) is 18.7. The number of nitrogens with zero attached hydrogens (tertiary/aromatic N) is 4. The van der Waals surface area contributed by atoms with Gasteiger partial charge in [0.25, 0.3) is 0 Å². The number of carbonyl (C=O) groups excluding carboxylic acids is 1. The third kappa shape index (κ3) is 5.39. The Labute approximate surface area is 198 Å². The van der Waals surface area contributed by atoms with E-state index in [-0.39, 0.29) is 12.0 Å². The van der Waals surface area contributed by atoms with Crippen LogP contribution < -0.4 is 10.2 Å². The standard InChI is InChI=1S/C25H29N5O2S/c31-23(30-14-12-29(13-15-30)19-7-2-1-3-8-19)18-33-25-27-22-11-5-4-10-21(22)24(28-25)26-17-20-9-6-16-32-20/h1-5,7-8,10-11,20H,6,9,12-18H2,(H,26,27,28). The smallest absolute Gasteiger partial charge is 0.233 e. The Bertz CT molecular complexity index is 1080. The number of piperazine rings is 1. The molecule has 172 valence electrons. The molecule has 2 saturated heterocycles. The van der Waals surface area contributed by atoms with Crippen molar-refractivity contribution in [2.45, 2.75) is 24.1 Å². The summed E-state index contributed by atoms with van der Waals surface area (Å²) in [5.74, 6) is 1.29. The summed E-state index contributed by atoms with van der Waals surface area (Å²) in [6.07, 6.45) is 2.41. The Morgan fingerprint density at radius 3 is 2.61 bits per heavy atom. The van der Waals surface area contributed by atoms with E-state index >= 15 is 0 Å². The lowest BCUT2D eigenvalue weighted by atomic mass is 10.2. The number of ether oxygens (including phenoxy) is 1. The Morgan fingerprint density at radius 2 is 1.82 bits per heavy atom. The lowest BCUT2D eigenvalue weighted by molar-refractivity contribution is -0.128. The van der Waals surface area contributed by atoms with Crippen molar-refractivity contribution in [1.29, 1.82) is 0 Å². The van der Waals surface area contributed by atoms with Crippen molar-refractivity contribution in [1.82, 2.24) is 14.9 Å². The van der Waals surface area contributed by atoms with E-state index in [2.05, 4.69) is 39.5 Å². The molecular formula is C25H29N5O2S. The van der Waals surface area contributed by atoms with Gasteiger partial charge in [-0.2, -0.15) is 0 Å². The zero-order valence-corrected chi connectivity index (χ0v) is 19.5. The first kappa shape index (κ1) is 22.0. The first-order chi connectivity index (χ1) is 16.3. The second-order valence-electron chi connectivity index (χ2n) is 8.38. The number of anilines is 2. The predicted molar refractivity (Wildman–Crippen MR) is 133 cm³/mol. The normalized spacial score (nSPS) is 18.6. The van der Waals surface area contributed by atoms with Crippen LogP contribution in [0, 0.1) is 0 Å². The van der Waals surface area contributed by atoms with E-state index in [0.717, 1.165) is 68.9 Å². The number of carbonyl (C=O) groups is 1. The van der Waals surface area contributed by atoms with Gasteiger partial charge in [-0.25, -0.2) is 9.97 Å². The van der Waals surface area contributed by atoms with Gasteiger partial charge in [0, 0.05) is 50.4 Å². The molecule has 2 aliphatic heterocycles. The summed E-state index contributed by atoms with van der Waals surface area (Å²) < 4.78 is 5.73. The quantitative estimate of drug-likeness (QED) is 0.424. The molecule has 0 saturated carbocycles. The van der Waals surface area contributed by atoms with Crippen molar-refractivity contribution in [3.8, 4) is 0 Å². The van der Waals surface area contributed by atoms with E-state index in [4.69, 9.17) is 9.72 Å². The average molecular weight is 464 g/mol. The molecule has 0 aliphatic carbocycles. The number of aromatic nitrogens is 2. The van der Waals surface area contributed by atoms with Gasteiger partial charge in [0.2, 0.25) is 5.91 Å². The van der Waals surface area contributed by atoms with E-state index in [9.17, 15) is 4.79 Å². The molecule has 1 aromatic heterocycles. The minimum Gasteiger partial charge on any atom is -0.376 e. The topological polar surface area (TPSA) is 70.6 Å². The summed E-state index contributed by atoms with van der Waals surface area (Å²) in [4.78, 5) is 26.6. The molecule has 0 spiro atoms. The maximum absolute atomic E-state index is 12.9. The lowest BCUT2D eigenvalue weighted by Gasteiger charge is -2.36. The van der Waals surface area contributed by atoms with Crippen LogP contribution in [0.5, 0.6) is 0 Å². The highest BCUT2D eigenvalue weighted by Gasteiger charge is 2.22. The molecule has 1 amide bonds. The summed E-state index contributed by atoms with van der Waals surface area (Å²) in [6, 6.07) is 18.4. The lowest BCUT2D eigenvalue weighted by Crippen LogP contribution is -2.49. The van der Waals surface area contributed by atoms with Crippen LogP contribution in [0.4, 0.5) is 11.5 Å². The third-order valence-electron chi connectivity index (χ3n) is 6.18. The van der Waals surface area contributed by atoms with Crippen LogP contribution in [0.25, 0.3) is 10.9 Å². The molecule has 5 rings (SSSR count). The zero-order chi connectivity index (χ0) is 22.5. The van der Waals surface area contributed by atoms with Crippen LogP contribution >= 0.6 is 11.8 Å². The highest BCUT2D eigenvalue weighted by molar-refractivity contribution is 7.99. The summed E-state index contributed by atoms with van der Waals surface area (Å²) in [6.45, 7) is 4.74. The second-order valence-corrected chi connectivity index (χ2v) is 9.32. The molecule has 3 aromatic rings. The molecule has 1 atom stereocenters. The number of amides is 1. The van der Waals surface area contributed by atoms with Crippen LogP contribution in [0.3, 0.4) is 0 Å². The van der Waals surface area contributed by atoms with Crippen molar-refractivity contribution in [2.75, 3.05) is 55.3 Å². The van der Waals surface area contributed by atoms with Gasteiger partial charge in [-0.05, 0) is 37.1 Å². The highest BCUT2D eigenvalue weighted by Crippen LogP contribution is 2.25. The number of thioether (sulfide) groups is 1. The largest absolute Gasteiger partial charge is 0.376 e. The van der Waals surface area contributed by atoms with Crippen molar-refractivity contribution >= 4 is 40.1 Å². The minimum absolute atomic E-state index is 0.137. The SMILES string of the molecule is O=C(CSc1nc(NCC2CCCO2)c2ccccc2n1)N1CCN(c2ccccc2)CC1. The van der Waals surface area contributed by atoms with Gasteiger partial charge < -0.3 is 19.9 Å². The Balaban J connectivity index is 1.20. The Kier molecular flexibility index (Phi) is 6.92. The first-order valence-electron chi connectivity index (χ1n) is 11.6.